The fourth-order valence-electron chi connectivity index (χ4n) is 2.03. The number of ether oxygens (including phenoxy) is 1. The molecule has 5 heteroatoms. The van der Waals surface area contributed by atoms with Gasteiger partial charge in [-0.25, -0.2) is 0 Å². The number of carbonyl (C=O) groups is 1. The number of piperidine rings is 1. The molecule has 1 rings (SSSR count). The van der Waals surface area contributed by atoms with Crippen molar-refractivity contribution in [3.05, 3.63) is 0 Å². The normalized spacial score (nSPS) is 22.0. The number of nitrogens with one attached hydrogen (secondary N) is 1. The second kappa shape index (κ2) is 7.60. The van der Waals surface area contributed by atoms with Crippen LogP contribution in [-0.2, 0) is 9.53 Å². The first kappa shape index (κ1) is 13.4. The number of likely N-dealkylation sites (tertiary alicyclic amines) is 1. The Morgan fingerprint density at radius 2 is 2.44 bits per heavy atom. The molecule has 0 aromatic heterocycles. The summed E-state index contributed by atoms with van der Waals surface area (Å²) in [5.74, 6) is 0.268. The Hall–Kier alpha value is -0.650. The van der Waals surface area contributed by atoms with Crippen molar-refractivity contribution < 1.29 is 9.53 Å². The van der Waals surface area contributed by atoms with Gasteiger partial charge in [-0.1, -0.05) is 0 Å². The Bertz CT molecular complexity index is 211. The molecule has 0 spiro atoms. The average molecular weight is 229 g/mol. The highest BCUT2D eigenvalue weighted by atomic mass is 16.5. The van der Waals surface area contributed by atoms with Crippen LogP contribution in [0.1, 0.15) is 12.8 Å². The van der Waals surface area contributed by atoms with Crippen LogP contribution in [0, 0.1) is 5.92 Å². The molecule has 0 bridgehead atoms. The van der Waals surface area contributed by atoms with Crippen molar-refractivity contribution in [3.63, 3.8) is 0 Å². The fourth-order valence-corrected chi connectivity index (χ4v) is 2.03. The molecule has 5 nitrogen and oxygen atoms in total. The van der Waals surface area contributed by atoms with Crippen molar-refractivity contribution >= 4 is 5.91 Å². The van der Waals surface area contributed by atoms with Gasteiger partial charge in [-0.15, -0.1) is 0 Å². The zero-order valence-corrected chi connectivity index (χ0v) is 10.1. The van der Waals surface area contributed by atoms with E-state index in [-0.39, 0.29) is 11.8 Å². The predicted octanol–water partition coefficient (Wildman–Crippen LogP) is -0.580. The van der Waals surface area contributed by atoms with E-state index in [2.05, 4.69) is 10.2 Å². The van der Waals surface area contributed by atoms with Gasteiger partial charge in [-0.3, -0.25) is 4.79 Å². The van der Waals surface area contributed by atoms with Crippen molar-refractivity contribution in [1.82, 2.24) is 10.2 Å². The summed E-state index contributed by atoms with van der Waals surface area (Å²) in [6.45, 7) is 4.65. The zero-order chi connectivity index (χ0) is 11.8. The second-order valence-electron chi connectivity index (χ2n) is 4.21. The first-order chi connectivity index (χ1) is 7.77. The number of nitrogens with two attached hydrogens (primary N) is 1. The molecule has 1 amide bonds. The molecular weight excluding hydrogens is 206 g/mol. The number of amides is 1. The Labute approximate surface area is 97.3 Å². The predicted molar refractivity (Wildman–Crippen MR) is 63.1 cm³/mol. The SMILES string of the molecule is COCCN1CCCC(C(=O)NCCN)C1. The first-order valence-electron chi connectivity index (χ1n) is 5.97. The van der Waals surface area contributed by atoms with Gasteiger partial charge < -0.3 is 20.7 Å². The largest absolute Gasteiger partial charge is 0.383 e. The topological polar surface area (TPSA) is 67.6 Å². The molecule has 3 N–H and O–H groups in total. The molecule has 0 saturated carbocycles. The zero-order valence-electron chi connectivity index (χ0n) is 10.1. The lowest BCUT2D eigenvalue weighted by Crippen LogP contribution is -2.44. The minimum Gasteiger partial charge on any atom is -0.383 e. The van der Waals surface area contributed by atoms with Crippen molar-refractivity contribution in [2.24, 2.45) is 11.7 Å². The minimum atomic E-state index is 0.122. The molecule has 16 heavy (non-hydrogen) atoms. The smallest absolute Gasteiger partial charge is 0.224 e. The Morgan fingerprint density at radius 3 is 3.12 bits per heavy atom. The average Bonchev–Trinajstić information content (AvgIpc) is 2.33. The van der Waals surface area contributed by atoms with Crippen molar-refractivity contribution in [2.45, 2.75) is 12.8 Å². The number of methoxy groups -OCH3 is 1. The number of hydrogen-bond donors (Lipinski definition) is 2. The van der Waals surface area contributed by atoms with Crippen LogP contribution in [0.15, 0.2) is 0 Å². The summed E-state index contributed by atoms with van der Waals surface area (Å²) in [4.78, 5) is 14.0. The lowest BCUT2D eigenvalue weighted by Gasteiger charge is -2.31. The summed E-state index contributed by atoms with van der Waals surface area (Å²) < 4.78 is 5.05. The van der Waals surface area contributed by atoms with Gasteiger partial charge >= 0.3 is 0 Å². The van der Waals surface area contributed by atoms with Gasteiger partial charge in [0.1, 0.15) is 0 Å². The summed E-state index contributed by atoms with van der Waals surface area (Å²) in [7, 11) is 1.70. The molecule has 0 aromatic carbocycles. The molecule has 1 heterocycles. The molecule has 0 aliphatic carbocycles. The Kier molecular flexibility index (Phi) is 6.37. The number of nitrogens with zero attached hydrogens (tertiary/aromatic N) is 1. The maximum Gasteiger partial charge on any atom is 0.224 e. The van der Waals surface area contributed by atoms with E-state index in [4.69, 9.17) is 10.5 Å². The third-order valence-electron chi connectivity index (χ3n) is 2.93. The van der Waals surface area contributed by atoms with E-state index in [1.165, 1.54) is 0 Å². The molecule has 1 atom stereocenters. The van der Waals surface area contributed by atoms with Crippen molar-refractivity contribution in [1.29, 1.82) is 0 Å². The molecule has 0 radical (unpaired) electrons. The van der Waals surface area contributed by atoms with E-state index in [1.54, 1.807) is 7.11 Å². The highest BCUT2D eigenvalue weighted by Crippen LogP contribution is 2.16. The third-order valence-corrected chi connectivity index (χ3v) is 2.93. The van der Waals surface area contributed by atoms with Gasteiger partial charge in [0, 0.05) is 33.3 Å². The first-order valence-corrected chi connectivity index (χ1v) is 5.97. The van der Waals surface area contributed by atoms with Crippen LogP contribution in [-0.4, -0.2) is 57.2 Å². The fraction of sp³-hybridized carbons (Fsp3) is 0.909. The van der Waals surface area contributed by atoms with E-state index < -0.39 is 0 Å². The molecule has 1 unspecified atom stereocenters. The Balaban J connectivity index is 2.28. The van der Waals surface area contributed by atoms with Crippen LogP contribution in [0.3, 0.4) is 0 Å². The number of rotatable bonds is 6. The molecule has 94 valence electrons. The van der Waals surface area contributed by atoms with Gasteiger partial charge in [0.25, 0.3) is 0 Å². The molecular formula is C11H23N3O2. The van der Waals surface area contributed by atoms with Gasteiger partial charge in [-0.05, 0) is 19.4 Å². The molecule has 1 saturated heterocycles. The van der Waals surface area contributed by atoms with Crippen LogP contribution >= 0.6 is 0 Å². The van der Waals surface area contributed by atoms with Gasteiger partial charge in [0.15, 0.2) is 0 Å². The summed E-state index contributed by atoms with van der Waals surface area (Å²) in [5.41, 5.74) is 5.36. The van der Waals surface area contributed by atoms with Gasteiger partial charge in [0.2, 0.25) is 5.91 Å². The highest BCUT2D eigenvalue weighted by Gasteiger charge is 2.24. The summed E-state index contributed by atoms with van der Waals surface area (Å²) in [5, 5.41) is 2.86. The summed E-state index contributed by atoms with van der Waals surface area (Å²) in [6, 6.07) is 0. The minimum absolute atomic E-state index is 0.122. The third kappa shape index (κ3) is 4.47. The van der Waals surface area contributed by atoms with Crippen molar-refractivity contribution in [2.75, 3.05) is 46.4 Å². The highest BCUT2D eigenvalue weighted by molar-refractivity contribution is 5.78. The molecule has 1 fully saturated rings. The lowest BCUT2D eigenvalue weighted by molar-refractivity contribution is -0.126. The molecule has 1 aliphatic rings. The van der Waals surface area contributed by atoms with E-state index in [9.17, 15) is 4.79 Å². The summed E-state index contributed by atoms with van der Waals surface area (Å²) >= 11 is 0. The quantitative estimate of drug-likeness (QED) is 0.639. The monoisotopic (exact) mass is 229 g/mol. The van der Waals surface area contributed by atoms with E-state index in [0.29, 0.717) is 13.1 Å². The molecule has 1 aliphatic heterocycles. The van der Waals surface area contributed by atoms with Crippen LogP contribution in [0.25, 0.3) is 0 Å². The summed E-state index contributed by atoms with van der Waals surface area (Å²) in [6.07, 6.45) is 2.07. The van der Waals surface area contributed by atoms with Crippen molar-refractivity contribution in [3.8, 4) is 0 Å². The van der Waals surface area contributed by atoms with E-state index in [0.717, 1.165) is 39.1 Å². The number of hydrogen-bond acceptors (Lipinski definition) is 4. The lowest BCUT2D eigenvalue weighted by atomic mass is 9.97. The molecule has 0 aromatic rings. The van der Waals surface area contributed by atoms with E-state index in [1.807, 2.05) is 0 Å². The standard InChI is InChI=1S/C11H23N3O2/c1-16-8-7-14-6-2-3-10(9-14)11(15)13-5-4-12/h10H,2-9,12H2,1H3,(H,13,15). The van der Waals surface area contributed by atoms with E-state index >= 15 is 0 Å². The van der Waals surface area contributed by atoms with Gasteiger partial charge in [0.05, 0.1) is 12.5 Å². The van der Waals surface area contributed by atoms with Gasteiger partial charge in [-0.2, -0.15) is 0 Å². The second-order valence-corrected chi connectivity index (χ2v) is 4.21. The number of carbonyl (C=O) groups excluding carboxylic acids is 1. The maximum absolute atomic E-state index is 11.8. The van der Waals surface area contributed by atoms with Crippen LogP contribution in [0.4, 0.5) is 0 Å². The Morgan fingerprint density at radius 1 is 1.62 bits per heavy atom. The van der Waals surface area contributed by atoms with Crippen LogP contribution in [0.2, 0.25) is 0 Å². The van der Waals surface area contributed by atoms with Crippen LogP contribution in [0.5, 0.6) is 0 Å². The maximum atomic E-state index is 11.8. The van der Waals surface area contributed by atoms with Crippen LogP contribution < -0.4 is 11.1 Å².